The lowest BCUT2D eigenvalue weighted by Gasteiger charge is -2.10. The Labute approximate surface area is 193 Å². The van der Waals surface area contributed by atoms with Gasteiger partial charge in [-0.2, -0.15) is 0 Å². The van der Waals surface area contributed by atoms with E-state index in [9.17, 15) is 9.59 Å². The van der Waals surface area contributed by atoms with Crippen LogP contribution in [0.4, 0.5) is 21.3 Å². The number of thioether (sulfide) groups is 1. The lowest BCUT2D eigenvalue weighted by atomic mass is 10.2. The van der Waals surface area contributed by atoms with Crippen molar-refractivity contribution in [3.05, 3.63) is 72.3 Å². The molecule has 0 saturated carbocycles. The number of hydrogen-bond donors (Lipinski definition) is 3. The molecule has 3 aromatic carbocycles. The van der Waals surface area contributed by atoms with Gasteiger partial charge < -0.3 is 15.4 Å². The van der Waals surface area contributed by atoms with Gasteiger partial charge >= 0.3 is 6.03 Å². The molecule has 4 rings (SSSR count). The fraction of sp³-hybridized carbons (Fsp3) is 0.0870. The fourth-order valence-corrected chi connectivity index (χ4v) is 4.41. The summed E-state index contributed by atoms with van der Waals surface area (Å²) in [5.41, 5.74) is 2.41. The third kappa shape index (κ3) is 5.01. The maximum absolute atomic E-state index is 12.5. The molecule has 0 spiro atoms. The number of thiazole rings is 1. The smallest absolute Gasteiger partial charge is 0.323 e. The summed E-state index contributed by atoms with van der Waals surface area (Å²) in [4.78, 5) is 30.5. The highest BCUT2D eigenvalue weighted by Gasteiger charge is 2.15. The van der Waals surface area contributed by atoms with Gasteiger partial charge in [0.05, 0.1) is 11.8 Å². The van der Waals surface area contributed by atoms with Crippen molar-refractivity contribution in [2.45, 2.75) is 4.90 Å². The maximum Gasteiger partial charge on any atom is 0.323 e. The van der Waals surface area contributed by atoms with Crippen LogP contribution in [0, 0.1) is 0 Å². The van der Waals surface area contributed by atoms with Gasteiger partial charge in [-0.25, -0.2) is 9.78 Å². The van der Waals surface area contributed by atoms with Crippen LogP contribution in [-0.2, 0) is 0 Å². The quantitative estimate of drug-likeness (QED) is 0.308. The normalized spacial score (nSPS) is 10.6. The second kappa shape index (κ2) is 9.71. The van der Waals surface area contributed by atoms with Gasteiger partial charge in [0.15, 0.2) is 5.13 Å². The summed E-state index contributed by atoms with van der Waals surface area (Å²) >= 11 is 2.90. The van der Waals surface area contributed by atoms with Crippen molar-refractivity contribution in [2.24, 2.45) is 0 Å². The Bertz CT molecular complexity index is 1270. The molecule has 0 unspecified atom stereocenters. The number of aromatic nitrogens is 1. The largest absolute Gasteiger partial charge is 0.494 e. The average Bonchev–Trinajstić information content (AvgIpc) is 3.21. The van der Waals surface area contributed by atoms with E-state index in [0.29, 0.717) is 33.3 Å². The zero-order chi connectivity index (χ0) is 22.5. The molecule has 0 aliphatic carbocycles. The summed E-state index contributed by atoms with van der Waals surface area (Å²) in [5.74, 6) is 0.257. The number of rotatable bonds is 6. The molecule has 162 valence electrons. The first kappa shape index (κ1) is 21.7. The highest BCUT2D eigenvalue weighted by Crippen LogP contribution is 2.35. The first-order valence-corrected chi connectivity index (χ1v) is 11.7. The van der Waals surface area contributed by atoms with E-state index in [0.717, 1.165) is 9.60 Å². The number of amides is 3. The lowest BCUT2D eigenvalue weighted by molar-refractivity contribution is 0.102. The summed E-state index contributed by atoms with van der Waals surface area (Å²) in [6.45, 7) is 0. The molecule has 3 N–H and O–H groups in total. The molecule has 0 aliphatic rings. The van der Waals surface area contributed by atoms with Crippen molar-refractivity contribution in [1.82, 2.24) is 4.98 Å². The van der Waals surface area contributed by atoms with E-state index in [1.165, 1.54) is 18.4 Å². The number of nitrogens with one attached hydrogen (secondary N) is 3. The van der Waals surface area contributed by atoms with E-state index in [1.807, 2.05) is 36.6 Å². The van der Waals surface area contributed by atoms with E-state index >= 15 is 0 Å². The Morgan fingerprint density at radius 2 is 1.72 bits per heavy atom. The Morgan fingerprint density at radius 3 is 2.47 bits per heavy atom. The molecular weight excluding hydrogens is 444 g/mol. The second-order valence-corrected chi connectivity index (χ2v) is 8.59. The van der Waals surface area contributed by atoms with E-state index in [4.69, 9.17) is 4.74 Å². The van der Waals surface area contributed by atoms with Crippen LogP contribution in [0.2, 0.25) is 0 Å². The Hall–Kier alpha value is -3.56. The van der Waals surface area contributed by atoms with Crippen LogP contribution in [-0.4, -0.2) is 30.3 Å². The van der Waals surface area contributed by atoms with Crippen molar-refractivity contribution >= 4 is 61.8 Å². The molecule has 1 heterocycles. The zero-order valence-electron chi connectivity index (χ0n) is 17.3. The molecule has 0 atom stereocenters. The number of carbonyl (C=O) groups is 2. The van der Waals surface area contributed by atoms with Crippen LogP contribution in [0.1, 0.15) is 10.4 Å². The third-order valence-corrected chi connectivity index (χ3v) is 6.16. The van der Waals surface area contributed by atoms with Crippen molar-refractivity contribution in [3.8, 4) is 5.75 Å². The number of hydrogen-bond acceptors (Lipinski definition) is 6. The van der Waals surface area contributed by atoms with Crippen LogP contribution in [0.15, 0.2) is 71.6 Å². The van der Waals surface area contributed by atoms with E-state index in [-0.39, 0.29) is 11.9 Å². The molecule has 4 aromatic rings. The van der Waals surface area contributed by atoms with Crippen LogP contribution in [0.3, 0.4) is 0 Å². The highest BCUT2D eigenvalue weighted by molar-refractivity contribution is 7.98. The Morgan fingerprint density at radius 1 is 0.938 bits per heavy atom. The number of ether oxygens (including phenoxy) is 1. The van der Waals surface area contributed by atoms with Crippen LogP contribution >= 0.6 is 23.1 Å². The van der Waals surface area contributed by atoms with Crippen molar-refractivity contribution in [3.63, 3.8) is 0 Å². The summed E-state index contributed by atoms with van der Waals surface area (Å²) in [7, 11) is 1.54. The van der Waals surface area contributed by atoms with Gasteiger partial charge in [-0.1, -0.05) is 35.6 Å². The minimum absolute atomic E-state index is 0.242. The molecule has 3 amide bonds. The second-order valence-electron chi connectivity index (χ2n) is 6.68. The van der Waals surface area contributed by atoms with E-state index < -0.39 is 0 Å². The van der Waals surface area contributed by atoms with E-state index in [1.54, 1.807) is 48.2 Å². The van der Waals surface area contributed by atoms with Gasteiger partial charge in [-0.05, 0) is 42.7 Å². The number of urea groups is 1. The molecule has 7 nitrogen and oxygen atoms in total. The maximum atomic E-state index is 12.5. The first-order valence-electron chi connectivity index (χ1n) is 9.63. The van der Waals surface area contributed by atoms with Gasteiger partial charge in [0.1, 0.15) is 11.3 Å². The van der Waals surface area contributed by atoms with Crippen LogP contribution in [0.25, 0.3) is 10.2 Å². The molecule has 0 fully saturated rings. The van der Waals surface area contributed by atoms with Gasteiger partial charge in [-0.15, -0.1) is 11.8 Å². The molecule has 0 aliphatic heterocycles. The summed E-state index contributed by atoms with van der Waals surface area (Å²) < 4.78 is 6.23. The number of carbonyl (C=O) groups excluding carboxylic acids is 2. The number of nitrogens with zero attached hydrogens (tertiary/aromatic N) is 1. The molecule has 9 heteroatoms. The van der Waals surface area contributed by atoms with Crippen molar-refractivity contribution in [1.29, 1.82) is 0 Å². The van der Waals surface area contributed by atoms with Crippen LogP contribution in [0.5, 0.6) is 5.75 Å². The molecular formula is C23H20N4O3S2. The number of fused-ring (bicyclic) bond motifs is 1. The zero-order valence-corrected chi connectivity index (χ0v) is 19.0. The standard InChI is InChI=1S/C23H20N4O3S2/c1-30-18-12-16(25-22(29)24-15-9-6-10-17(11-15)31-2)13-19-20(18)26-23(32-19)27-21(28)14-7-4-3-5-8-14/h3-13H,1-2H3,(H2,24,25,29)(H,26,27,28). The Kier molecular flexibility index (Phi) is 6.58. The summed E-state index contributed by atoms with van der Waals surface area (Å²) in [5, 5.41) is 8.91. The first-order chi connectivity index (χ1) is 15.6. The average molecular weight is 465 g/mol. The Balaban J connectivity index is 1.52. The van der Waals surface area contributed by atoms with Gasteiger partial charge in [0.2, 0.25) is 0 Å². The summed E-state index contributed by atoms with van der Waals surface area (Å²) in [6.07, 6.45) is 1.98. The van der Waals surface area contributed by atoms with Crippen LogP contribution < -0.4 is 20.7 Å². The SMILES string of the molecule is COc1cc(NC(=O)Nc2cccc(SC)c2)cc2sc(NC(=O)c3ccccc3)nc12. The number of anilines is 3. The lowest BCUT2D eigenvalue weighted by Crippen LogP contribution is -2.19. The summed E-state index contributed by atoms with van der Waals surface area (Å²) in [6, 6.07) is 19.6. The molecule has 0 saturated heterocycles. The van der Waals surface area contributed by atoms with Gasteiger partial charge in [0, 0.05) is 27.9 Å². The molecule has 0 radical (unpaired) electrons. The third-order valence-electron chi connectivity index (χ3n) is 4.52. The number of methoxy groups -OCH3 is 1. The predicted octanol–water partition coefficient (Wildman–Crippen LogP) is 5.92. The van der Waals surface area contributed by atoms with Gasteiger partial charge in [-0.3, -0.25) is 10.1 Å². The number of benzene rings is 3. The predicted molar refractivity (Wildman–Crippen MR) is 131 cm³/mol. The van der Waals surface area contributed by atoms with E-state index in [2.05, 4.69) is 20.9 Å². The molecule has 0 bridgehead atoms. The molecule has 32 heavy (non-hydrogen) atoms. The fourth-order valence-electron chi connectivity index (χ4n) is 3.03. The highest BCUT2D eigenvalue weighted by atomic mass is 32.2. The monoisotopic (exact) mass is 464 g/mol. The van der Waals surface area contributed by atoms with Crippen molar-refractivity contribution < 1.29 is 14.3 Å². The topological polar surface area (TPSA) is 92.4 Å². The van der Waals surface area contributed by atoms with Crippen molar-refractivity contribution in [2.75, 3.05) is 29.3 Å². The molecule has 1 aromatic heterocycles. The van der Waals surface area contributed by atoms with Gasteiger partial charge in [0.25, 0.3) is 5.91 Å². The minimum Gasteiger partial charge on any atom is -0.494 e. The minimum atomic E-state index is -0.369.